The molecule has 0 spiro atoms. The fourth-order valence-electron chi connectivity index (χ4n) is 0.857. The number of amides is 1. The number of hydrogen-bond acceptors (Lipinski definition) is 2. The quantitative estimate of drug-likeness (QED) is 0.739. The van der Waals surface area contributed by atoms with E-state index in [0.29, 0.717) is 0 Å². The van der Waals surface area contributed by atoms with Crippen LogP contribution in [0.1, 0.15) is 0 Å². The van der Waals surface area contributed by atoms with E-state index in [-0.39, 0.29) is 16.4 Å². The molecule has 0 aliphatic rings. The Labute approximate surface area is 88.0 Å². The lowest BCUT2D eigenvalue weighted by Gasteiger charge is -2.11. The first-order chi connectivity index (χ1) is 6.82. The molecule has 1 aromatic rings. The number of benzene rings is 1. The van der Waals surface area contributed by atoms with Gasteiger partial charge in [0.2, 0.25) is 0 Å². The first-order valence-corrected chi connectivity index (χ1v) is 4.12. The topological polar surface area (TPSA) is 55.1 Å². The zero-order valence-electron chi connectivity index (χ0n) is 7.23. The number of anilines is 2. The number of nitrogens with one attached hydrogen (secondary N) is 1. The van der Waals surface area contributed by atoms with Gasteiger partial charge in [0.05, 0.1) is 16.4 Å². The molecule has 3 N–H and O–H groups in total. The van der Waals surface area contributed by atoms with Gasteiger partial charge in [0.1, 0.15) is 0 Å². The standard InChI is InChI=1S/C8H6ClF3N2O/c9-4-2-1-3-5(13)6(4)14-7(15)8(10,11)12/h1-3H,13H2,(H,14,15). The predicted molar refractivity (Wildman–Crippen MR) is 50.5 cm³/mol. The number of rotatable bonds is 1. The SMILES string of the molecule is Nc1cccc(Cl)c1NC(=O)C(F)(F)F. The van der Waals surface area contributed by atoms with Crippen LogP contribution < -0.4 is 11.1 Å². The van der Waals surface area contributed by atoms with Crippen molar-refractivity contribution >= 4 is 28.9 Å². The number of nitrogens with two attached hydrogens (primary N) is 1. The minimum absolute atomic E-state index is 0.0277. The summed E-state index contributed by atoms with van der Waals surface area (Å²) in [5.41, 5.74) is 5.08. The maximum atomic E-state index is 11.9. The molecule has 7 heteroatoms. The molecule has 0 aliphatic carbocycles. The van der Waals surface area contributed by atoms with E-state index in [1.165, 1.54) is 18.2 Å². The molecule has 0 saturated heterocycles. The maximum absolute atomic E-state index is 11.9. The van der Waals surface area contributed by atoms with E-state index >= 15 is 0 Å². The smallest absolute Gasteiger partial charge is 0.397 e. The molecule has 0 unspecified atom stereocenters. The molecular weight excluding hydrogens is 233 g/mol. The Bertz CT molecular complexity index is 372. The third-order valence-electron chi connectivity index (χ3n) is 1.54. The third-order valence-corrected chi connectivity index (χ3v) is 1.86. The molecule has 0 atom stereocenters. The van der Waals surface area contributed by atoms with Gasteiger partial charge < -0.3 is 11.1 Å². The van der Waals surface area contributed by atoms with Crippen LogP contribution in [0.2, 0.25) is 5.02 Å². The van der Waals surface area contributed by atoms with Gasteiger partial charge in [-0.1, -0.05) is 17.7 Å². The number of hydrogen-bond donors (Lipinski definition) is 2. The molecule has 0 fully saturated rings. The summed E-state index contributed by atoms with van der Waals surface area (Å²) in [7, 11) is 0. The molecule has 0 radical (unpaired) electrons. The zero-order valence-corrected chi connectivity index (χ0v) is 7.99. The Morgan fingerprint density at radius 1 is 1.40 bits per heavy atom. The van der Waals surface area contributed by atoms with Gasteiger partial charge in [-0.2, -0.15) is 13.2 Å². The van der Waals surface area contributed by atoms with Crippen molar-refractivity contribution in [2.75, 3.05) is 11.1 Å². The van der Waals surface area contributed by atoms with Crippen LogP contribution in [0, 0.1) is 0 Å². The van der Waals surface area contributed by atoms with E-state index < -0.39 is 12.1 Å². The predicted octanol–water partition coefficient (Wildman–Crippen LogP) is 2.42. The molecule has 1 rings (SSSR count). The maximum Gasteiger partial charge on any atom is 0.471 e. The summed E-state index contributed by atoms with van der Waals surface area (Å²) in [5, 5.41) is 1.55. The normalized spacial score (nSPS) is 11.2. The largest absolute Gasteiger partial charge is 0.471 e. The summed E-state index contributed by atoms with van der Waals surface area (Å²) in [6.07, 6.45) is -4.97. The molecule has 15 heavy (non-hydrogen) atoms. The van der Waals surface area contributed by atoms with Gasteiger partial charge in [0.15, 0.2) is 0 Å². The molecular formula is C8H6ClF3N2O. The summed E-state index contributed by atoms with van der Waals surface area (Å²) in [6.45, 7) is 0. The Balaban J connectivity index is 2.95. The lowest BCUT2D eigenvalue weighted by atomic mass is 10.2. The number of carbonyl (C=O) groups excluding carboxylic acids is 1. The highest BCUT2D eigenvalue weighted by molar-refractivity contribution is 6.34. The molecule has 0 heterocycles. The van der Waals surface area contributed by atoms with Crippen molar-refractivity contribution in [2.45, 2.75) is 6.18 Å². The van der Waals surface area contributed by atoms with Gasteiger partial charge in [0, 0.05) is 0 Å². The minimum atomic E-state index is -4.97. The molecule has 1 amide bonds. The second-order valence-corrected chi connectivity index (χ2v) is 3.06. The summed E-state index contributed by atoms with van der Waals surface area (Å²) in [6, 6.07) is 4.11. The van der Waals surface area contributed by atoms with Gasteiger partial charge >= 0.3 is 12.1 Å². The van der Waals surface area contributed by atoms with E-state index in [0.717, 1.165) is 0 Å². The fourth-order valence-corrected chi connectivity index (χ4v) is 1.09. The van der Waals surface area contributed by atoms with Crippen molar-refractivity contribution in [1.82, 2.24) is 0 Å². The molecule has 0 aromatic heterocycles. The van der Waals surface area contributed by atoms with Crippen molar-refractivity contribution in [3.05, 3.63) is 23.2 Å². The van der Waals surface area contributed by atoms with Gasteiger partial charge in [0.25, 0.3) is 0 Å². The number of para-hydroxylation sites is 1. The lowest BCUT2D eigenvalue weighted by Crippen LogP contribution is -2.30. The van der Waals surface area contributed by atoms with E-state index in [1.807, 2.05) is 0 Å². The number of nitrogen functional groups attached to an aromatic ring is 1. The van der Waals surface area contributed by atoms with E-state index in [1.54, 1.807) is 5.32 Å². The summed E-state index contributed by atoms with van der Waals surface area (Å²) < 4.78 is 35.7. The second kappa shape index (κ2) is 3.98. The van der Waals surface area contributed by atoms with Crippen LogP contribution in [-0.4, -0.2) is 12.1 Å². The summed E-state index contributed by atoms with van der Waals surface area (Å²) in [4.78, 5) is 10.6. The fraction of sp³-hybridized carbons (Fsp3) is 0.125. The minimum Gasteiger partial charge on any atom is -0.397 e. The van der Waals surface area contributed by atoms with Gasteiger partial charge in [-0.05, 0) is 12.1 Å². The van der Waals surface area contributed by atoms with Crippen molar-refractivity contribution in [3.8, 4) is 0 Å². The van der Waals surface area contributed by atoms with Crippen LogP contribution >= 0.6 is 11.6 Å². The molecule has 82 valence electrons. The summed E-state index contributed by atoms with van der Waals surface area (Å²) in [5.74, 6) is -2.11. The van der Waals surface area contributed by atoms with Crippen LogP contribution in [0.3, 0.4) is 0 Å². The number of alkyl halides is 3. The Hall–Kier alpha value is -1.43. The van der Waals surface area contributed by atoms with Crippen molar-refractivity contribution in [3.63, 3.8) is 0 Å². The highest BCUT2D eigenvalue weighted by Crippen LogP contribution is 2.29. The molecule has 0 aliphatic heterocycles. The molecule has 3 nitrogen and oxygen atoms in total. The molecule has 0 bridgehead atoms. The van der Waals surface area contributed by atoms with E-state index in [2.05, 4.69) is 0 Å². The monoisotopic (exact) mass is 238 g/mol. The van der Waals surface area contributed by atoms with Gasteiger partial charge in [-0.3, -0.25) is 4.79 Å². The van der Waals surface area contributed by atoms with Gasteiger partial charge in [-0.25, -0.2) is 0 Å². The Morgan fingerprint density at radius 2 is 2.00 bits per heavy atom. The van der Waals surface area contributed by atoms with E-state index in [4.69, 9.17) is 17.3 Å². The average molecular weight is 239 g/mol. The van der Waals surface area contributed by atoms with E-state index in [9.17, 15) is 18.0 Å². The molecule has 0 saturated carbocycles. The van der Waals surface area contributed by atoms with Crippen molar-refractivity contribution in [1.29, 1.82) is 0 Å². The second-order valence-electron chi connectivity index (χ2n) is 2.66. The summed E-state index contributed by atoms with van der Waals surface area (Å²) >= 11 is 5.56. The highest BCUT2D eigenvalue weighted by atomic mass is 35.5. The van der Waals surface area contributed by atoms with Crippen molar-refractivity contribution < 1.29 is 18.0 Å². The Morgan fingerprint density at radius 3 is 2.47 bits per heavy atom. The van der Waals surface area contributed by atoms with Crippen LogP contribution in [0.5, 0.6) is 0 Å². The molecule has 1 aromatic carbocycles. The van der Waals surface area contributed by atoms with Crippen molar-refractivity contribution in [2.24, 2.45) is 0 Å². The first kappa shape index (κ1) is 11.6. The lowest BCUT2D eigenvalue weighted by molar-refractivity contribution is -0.167. The number of carbonyl (C=O) groups is 1. The zero-order chi connectivity index (χ0) is 11.6. The van der Waals surface area contributed by atoms with Gasteiger partial charge in [-0.15, -0.1) is 0 Å². The Kier molecular flexibility index (Phi) is 3.09. The highest BCUT2D eigenvalue weighted by Gasteiger charge is 2.39. The number of halogens is 4. The van der Waals surface area contributed by atoms with Crippen LogP contribution in [0.4, 0.5) is 24.5 Å². The average Bonchev–Trinajstić information content (AvgIpc) is 2.09. The van der Waals surface area contributed by atoms with Crippen LogP contribution in [0.15, 0.2) is 18.2 Å². The van der Waals surface area contributed by atoms with Crippen LogP contribution in [0.25, 0.3) is 0 Å². The third kappa shape index (κ3) is 2.76. The first-order valence-electron chi connectivity index (χ1n) is 3.74. The van der Waals surface area contributed by atoms with Crippen LogP contribution in [-0.2, 0) is 4.79 Å².